The van der Waals surface area contributed by atoms with Gasteiger partial charge in [0.05, 0.1) is 11.3 Å². The second-order valence-electron chi connectivity index (χ2n) is 4.98. The number of nitrogens with zero attached hydrogens (tertiary/aromatic N) is 2. The lowest BCUT2D eigenvalue weighted by atomic mass is 10.1. The van der Waals surface area contributed by atoms with E-state index in [-0.39, 0.29) is 17.2 Å². The lowest BCUT2D eigenvalue weighted by Gasteiger charge is -2.21. The molecule has 0 bridgehead atoms. The molecular weight excluding hydrogens is 238 g/mol. The number of aryl methyl sites for hydroxylation is 1. The first-order valence-electron chi connectivity index (χ1n) is 5.90. The quantitative estimate of drug-likeness (QED) is 0.862. The van der Waals surface area contributed by atoms with Crippen LogP contribution in [-0.4, -0.2) is 23.2 Å². The average molecular weight is 257 g/mol. The van der Waals surface area contributed by atoms with Crippen LogP contribution in [0.4, 0.5) is 0 Å². The van der Waals surface area contributed by atoms with Gasteiger partial charge in [-0.15, -0.1) is 0 Å². The number of hydrogen-bond acceptors (Lipinski definition) is 3. The molecule has 1 fully saturated rings. The molecule has 1 atom stereocenters. The third kappa shape index (κ3) is 2.69. The molecule has 6 heteroatoms. The molecule has 1 aromatic heterocycles. The van der Waals surface area contributed by atoms with Crippen LogP contribution in [0, 0.1) is 5.92 Å². The minimum atomic E-state index is -3.18. The summed E-state index contributed by atoms with van der Waals surface area (Å²) in [4.78, 5) is 4.24. The molecule has 1 saturated carbocycles. The molecule has 1 aliphatic carbocycles. The maximum absolute atomic E-state index is 12.0. The fraction of sp³-hybridized carbons (Fsp3) is 0.727. The van der Waals surface area contributed by atoms with Crippen molar-refractivity contribution >= 4 is 10.0 Å². The number of hydrogen-bond donors (Lipinski definition) is 1. The Bertz CT molecular complexity index is 489. The van der Waals surface area contributed by atoms with Crippen molar-refractivity contribution in [3.05, 3.63) is 18.2 Å². The Balaban J connectivity index is 2.22. The SMILES string of the molecule is CC(C)[C@@H](NS(=O)(=O)C1CC1)c1nccn1C. The van der Waals surface area contributed by atoms with Gasteiger partial charge >= 0.3 is 0 Å². The van der Waals surface area contributed by atoms with Crippen molar-refractivity contribution in [3.8, 4) is 0 Å². The zero-order valence-corrected chi connectivity index (χ0v) is 11.2. The number of rotatable bonds is 5. The van der Waals surface area contributed by atoms with Gasteiger partial charge in [-0.1, -0.05) is 13.8 Å². The molecule has 1 N–H and O–H groups in total. The highest BCUT2D eigenvalue weighted by atomic mass is 32.2. The lowest BCUT2D eigenvalue weighted by molar-refractivity contribution is 0.434. The molecule has 17 heavy (non-hydrogen) atoms. The number of aromatic nitrogens is 2. The van der Waals surface area contributed by atoms with Gasteiger partial charge in [-0.25, -0.2) is 18.1 Å². The fourth-order valence-electron chi connectivity index (χ4n) is 1.82. The Kier molecular flexibility index (Phi) is 3.27. The Hall–Kier alpha value is -0.880. The maximum atomic E-state index is 12.0. The van der Waals surface area contributed by atoms with Crippen molar-refractivity contribution in [1.82, 2.24) is 14.3 Å². The van der Waals surface area contributed by atoms with Crippen molar-refractivity contribution in [2.75, 3.05) is 0 Å². The monoisotopic (exact) mass is 257 g/mol. The van der Waals surface area contributed by atoms with Crippen LogP contribution < -0.4 is 4.72 Å². The van der Waals surface area contributed by atoms with Gasteiger partial charge in [-0.05, 0) is 18.8 Å². The van der Waals surface area contributed by atoms with Gasteiger partial charge in [0, 0.05) is 19.4 Å². The van der Waals surface area contributed by atoms with Crippen LogP contribution in [0.15, 0.2) is 12.4 Å². The molecule has 0 unspecified atom stereocenters. The summed E-state index contributed by atoms with van der Waals surface area (Å²) < 4.78 is 28.6. The highest BCUT2D eigenvalue weighted by molar-refractivity contribution is 7.90. The van der Waals surface area contributed by atoms with E-state index in [1.165, 1.54) is 0 Å². The molecule has 0 radical (unpaired) electrons. The molecule has 2 rings (SSSR count). The van der Waals surface area contributed by atoms with Gasteiger partial charge in [0.25, 0.3) is 0 Å². The zero-order chi connectivity index (χ0) is 12.6. The minimum absolute atomic E-state index is 0.171. The molecule has 1 aromatic rings. The molecule has 0 aliphatic heterocycles. The fourth-order valence-corrected chi connectivity index (χ4v) is 3.50. The first kappa shape index (κ1) is 12.6. The Morgan fingerprint density at radius 3 is 2.53 bits per heavy atom. The molecule has 0 aromatic carbocycles. The van der Waals surface area contributed by atoms with Gasteiger partial charge in [-0.2, -0.15) is 0 Å². The van der Waals surface area contributed by atoms with Crippen LogP contribution in [0.2, 0.25) is 0 Å². The van der Waals surface area contributed by atoms with Crippen LogP contribution in [0.1, 0.15) is 38.6 Å². The highest BCUT2D eigenvalue weighted by Crippen LogP contribution is 2.30. The summed E-state index contributed by atoms with van der Waals surface area (Å²) in [5, 5.41) is -0.191. The van der Waals surface area contributed by atoms with E-state index in [1.54, 1.807) is 6.20 Å². The lowest BCUT2D eigenvalue weighted by Crippen LogP contribution is -2.35. The smallest absolute Gasteiger partial charge is 0.215 e. The van der Waals surface area contributed by atoms with Crippen molar-refractivity contribution in [3.63, 3.8) is 0 Å². The molecular formula is C11H19N3O2S. The standard InChI is InChI=1S/C11H19N3O2S/c1-8(2)10(11-12-6-7-14(11)3)13-17(15,16)9-4-5-9/h6-10,13H,4-5H2,1-3H3/t10-/m1/s1. The number of sulfonamides is 1. The van der Waals surface area contributed by atoms with E-state index < -0.39 is 10.0 Å². The van der Waals surface area contributed by atoms with E-state index in [2.05, 4.69) is 9.71 Å². The summed E-state index contributed by atoms with van der Waals surface area (Å²) in [6.45, 7) is 3.99. The normalized spacial score (nSPS) is 18.6. The molecule has 5 nitrogen and oxygen atoms in total. The molecule has 0 spiro atoms. The van der Waals surface area contributed by atoms with E-state index >= 15 is 0 Å². The summed E-state index contributed by atoms with van der Waals surface area (Å²) in [7, 11) is -1.30. The van der Waals surface area contributed by atoms with Crippen LogP contribution in [-0.2, 0) is 17.1 Å². The summed E-state index contributed by atoms with van der Waals surface area (Å²) in [5.41, 5.74) is 0. The van der Waals surface area contributed by atoms with E-state index in [1.807, 2.05) is 31.7 Å². The number of imidazole rings is 1. The van der Waals surface area contributed by atoms with E-state index in [0.717, 1.165) is 18.7 Å². The van der Waals surface area contributed by atoms with Crippen LogP contribution in [0.25, 0.3) is 0 Å². The summed E-state index contributed by atoms with van der Waals surface area (Å²) in [6.07, 6.45) is 5.08. The van der Waals surface area contributed by atoms with Crippen molar-refractivity contribution in [1.29, 1.82) is 0 Å². The molecule has 1 heterocycles. The van der Waals surface area contributed by atoms with Gasteiger partial charge in [-0.3, -0.25) is 0 Å². The van der Waals surface area contributed by atoms with Crippen molar-refractivity contribution < 1.29 is 8.42 Å². The van der Waals surface area contributed by atoms with Crippen molar-refractivity contribution in [2.24, 2.45) is 13.0 Å². The first-order chi connectivity index (χ1) is 7.92. The average Bonchev–Trinajstić information content (AvgIpc) is 3.00. The maximum Gasteiger partial charge on any atom is 0.215 e. The van der Waals surface area contributed by atoms with Crippen molar-refractivity contribution in [2.45, 2.75) is 38.0 Å². The molecule has 0 saturated heterocycles. The van der Waals surface area contributed by atoms with Gasteiger partial charge in [0.1, 0.15) is 5.82 Å². The summed E-state index contributed by atoms with van der Waals surface area (Å²) >= 11 is 0. The van der Waals surface area contributed by atoms with Crippen LogP contribution >= 0.6 is 0 Å². The van der Waals surface area contributed by atoms with Gasteiger partial charge in [0.2, 0.25) is 10.0 Å². The van der Waals surface area contributed by atoms with E-state index in [0.29, 0.717) is 0 Å². The number of nitrogens with one attached hydrogen (secondary N) is 1. The molecule has 0 amide bonds. The molecule has 1 aliphatic rings. The predicted octanol–water partition coefficient (Wildman–Crippen LogP) is 1.20. The second-order valence-corrected chi connectivity index (χ2v) is 6.97. The van der Waals surface area contributed by atoms with E-state index in [9.17, 15) is 8.42 Å². The van der Waals surface area contributed by atoms with Crippen LogP contribution in [0.3, 0.4) is 0 Å². The Labute approximate surface area is 102 Å². The van der Waals surface area contributed by atoms with Gasteiger partial charge < -0.3 is 4.57 Å². The Morgan fingerprint density at radius 2 is 2.12 bits per heavy atom. The third-order valence-corrected chi connectivity index (χ3v) is 4.99. The highest BCUT2D eigenvalue weighted by Gasteiger charge is 2.38. The first-order valence-corrected chi connectivity index (χ1v) is 7.45. The Morgan fingerprint density at radius 1 is 1.47 bits per heavy atom. The molecule has 96 valence electrons. The predicted molar refractivity (Wildman–Crippen MR) is 65.9 cm³/mol. The van der Waals surface area contributed by atoms with E-state index in [4.69, 9.17) is 0 Å². The largest absolute Gasteiger partial charge is 0.337 e. The second kappa shape index (κ2) is 4.42. The minimum Gasteiger partial charge on any atom is -0.337 e. The topological polar surface area (TPSA) is 64.0 Å². The zero-order valence-electron chi connectivity index (χ0n) is 10.4. The third-order valence-electron chi connectivity index (χ3n) is 3.06. The summed E-state index contributed by atoms with van der Waals surface area (Å²) in [5.74, 6) is 0.939. The van der Waals surface area contributed by atoms with Gasteiger partial charge in [0.15, 0.2) is 0 Å². The summed E-state index contributed by atoms with van der Waals surface area (Å²) in [6, 6.07) is -0.249. The van der Waals surface area contributed by atoms with Crippen LogP contribution in [0.5, 0.6) is 0 Å².